The lowest BCUT2D eigenvalue weighted by molar-refractivity contribution is -0.00270. The molecule has 0 unspecified atom stereocenters. The number of aromatic nitrogens is 3. The van der Waals surface area contributed by atoms with Crippen LogP contribution in [-0.2, 0) is 11.8 Å². The number of fused-ring (bicyclic) bond motifs is 3. The number of rotatable bonds is 3. The predicted octanol–water partition coefficient (Wildman–Crippen LogP) is 6.23. The summed E-state index contributed by atoms with van der Waals surface area (Å²) in [7, 11) is -8.12. The van der Waals surface area contributed by atoms with Gasteiger partial charge < -0.3 is 15.4 Å². The third-order valence-corrected chi connectivity index (χ3v) is 7.60. The third-order valence-electron chi connectivity index (χ3n) is 6.13. The molecule has 1 amide bonds. The summed E-state index contributed by atoms with van der Waals surface area (Å²) in [4.78, 5) is 17.4. The van der Waals surface area contributed by atoms with Crippen LogP contribution in [0.15, 0.2) is 47.5 Å². The minimum Gasteiger partial charge on any atom is -0.382 e. The molecule has 0 radical (unpaired) electrons. The minimum absolute atomic E-state index is 0.0301. The molecular formula is C22H19ClF5N5O2S. The molecule has 3 heterocycles. The van der Waals surface area contributed by atoms with Gasteiger partial charge in [0.25, 0.3) is 5.91 Å². The average Bonchev–Trinajstić information content (AvgIpc) is 3.19. The van der Waals surface area contributed by atoms with Gasteiger partial charge in [-0.2, -0.15) is 5.10 Å². The van der Waals surface area contributed by atoms with Gasteiger partial charge in [-0.15, -0.1) is 0 Å². The Kier molecular flexibility index (Phi) is 5.06. The van der Waals surface area contributed by atoms with Crippen LogP contribution in [0.25, 0.3) is 21.8 Å². The maximum atomic E-state index is 13.6. The highest BCUT2D eigenvalue weighted by atomic mass is 35.5. The number of anilines is 1. The number of aryl methyl sites for hydroxylation is 1. The highest BCUT2D eigenvalue weighted by molar-refractivity contribution is 8.45. The van der Waals surface area contributed by atoms with Gasteiger partial charge in [-0.05, 0) is 29.8 Å². The van der Waals surface area contributed by atoms with Gasteiger partial charge in [0, 0.05) is 24.4 Å². The Labute approximate surface area is 206 Å². The zero-order chi connectivity index (χ0) is 26.1. The van der Waals surface area contributed by atoms with E-state index in [0.29, 0.717) is 33.9 Å². The van der Waals surface area contributed by atoms with Crippen LogP contribution in [0.1, 0.15) is 22.0 Å². The van der Waals surface area contributed by atoms with Crippen molar-refractivity contribution < 1.29 is 29.0 Å². The topological polar surface area (TPSA) is 86.3 Å². The lowest BCUT2D eigenvalue weighted by Crippen LogP contribution is -2.43. The lowest BCUT2D eigenvalue weighted by atomic mass is 10.0. The Morgan fingerprint density at radius 2 is 1.83 bits per heavy atom. The van der Waals surface area contributed by atoms with Crippen LogP contribution >= 0.6 is 21.8 Å². The fourth-order valence-corrected chi connectivity index (χ4v) is 5.27. The van der Waals surface area contributed by atoms with E-state index in [1.807, 2.05) is 0 Å². The molecule has 0 aliphatic carbocycles. The van der Waals surface area contributed by atoms with Gasteiger partial charge >= 0.3 is 10.2 Å². The van der Waals surface area contributed by atoms with Crippen LogP contribution < -0.4 is 5.73 Å². The zero-order valence-electron chi connectivity index (χ0n) is 18.6. The molecule has 1 aliphatic heterocycles. The van der Waals surface area contributed by atoms with E-state index in [0.717, 1.165) is 12.1 Å². The molecule has 4 aromatic rings. The van der Waals surface area contributed by atoms with Crippen molar-refractivity contribution in [2.75, 3.05) is 25.5 Å². The second kappa shape index (κ2) is 7.43. The van der Waals surface area contributed by atoms with Crippen molar-refractivity contribution in [3.05, 3.63) is 58.7 Å². The Morgan fingerprint density at radius 3 is 2.50 bits per heavy atom. The molecule has 2 aromatic carbocycles. The number of halogens is 6. The molecule has 1 atom stereocenters. The first kappa shape index (κ1) is 24.5. The van der Waals surface area contributed by atoms with E-state index < -0.39 is 27.1 Å². The summed E-state index contributed by atoms with van der Waals surface area (Å²) in [6.07, 6.45) is 1.59. The normalized spacial score (nSPS) is 18.9. The highest BCUT2D eigenvalue weighted by Crippen LogP contribution is 3.02. The van der Waals surface area contributed by atoms with E-state index in [1.165, 1.54) is 11.0 Å². The first-order valence-corrected chi connectivity index (χ1v) is 12.9. The van der Waals surface area contributed by atoms with Crippen LogP contribution in [-0.4, -0.2) is 45.3 Å². The first-order valence-electron chi connectivity index (χ1n) is 10.6. The number of carbonyl (C=O) groups is 1. The Balaban J connectivity index is 1.55. The molecular weight excluding hydrogens is 529 g/mol. The molecule has 14 heteroatoms. The number of hydrogen-bond acceptors (Lipinski definition) is 5. The van der Waals surface area contributed by atoms with Crippen LogP contribution in [0.3, 0.4) is 0 Å². The summed E-state index contributed by atoms with van der Waals surface area (Å²) < 4.78 is 72.7. The molecule has 5 rings (SSSR count). The molecule has 192 valence electrons. The van der Waals surface area contributed by atoms with Gasteiger partial charge in [0.2, 0.25) is 0 Å². The van der Waals surface area contributed by atoms with Gasteiger partial charge in [0.15, 0.2) is 0 Å². The second-order valence-electron chi connectivity index (χ2n) is 8.50. The van der Waals surface area contributed by atoms with Gasteiger partial charge in [0.05, 0.1) is 41.6 Å². The Morgan fingerprint density at radius 1 is 1.14 bits per heavy atom. The summed E-state index contributed by atoms with van der Waals surface area (Å²) in [5.41, 5.74) is 7.44. The van der Waals surface area contributed by atoms with Crippen LogP contribution in [0.4, 0.5) is 25.2 Å². The number of nitrogen functional groups attached to an aromatic ring is 1. The maximum Gasteiger partial charge on any atom is 0.310 e. The maximum absolute atomic E-state index is 13.6. The van der Waals surface area contributed by atoms with Crippen molar-refractivity contribution in [3.63, 3.8) is 0 Å². The number of nitrogens with two attached hydrogens (primary N) is 1. The van der Waals surface area contributed by atoms with Gasteiger partial charge in [0.1, 0.15) is 16.2 Å². The fraction of sp³-hybridized carbons (Fsp3) is 0.227. The van der Waals surface area contributed by atoms with Crippen LogP contribution in [0, 0.1) is 0 Å². The minimum atomic E-state index is -9.82. The molecule has 2 N–H and O–H groups in total. The van der Waals surface area contributed by atoms with Crippen LogP contribution in [0.2, 0.25) is 5.02 Å². The number of amides is 1. The number of carbonyl (C=O) groups excluding carboxylic acids is 1. The number of benzene rings is 2. The SMILES string of the molecule is Cn1ncc2c3cc(C(=O)N4CCOC[C@@H]4c4ccc(S(F)(F)(F)(F)F)cc4)c(Cl)cc3nc(N)c21. The summed E-state index contributed by atoms with van der Waals surface area (Å²) in [6.45, 7) is 0.267. The Bertz CT molecular complexity index is 1540. The molecule has 36 heavy (non-hydrogen) atoms. The number of nitrogens with zero attached hydrogens (tertiary/aromatic N) is 4. The van der Waals surface area contributed by atoms with Gasteiger partial charge in [-0.25, -0.2) is 4.98 Å². The summed E-state index contributed by atoms with van der Waals surface area (Å²) in [5, 5.41) is 5.55. The summed E-state index contributed by atoms with van der Waals surface area (Å²) >= 11 is 6.44. The molecule has 1 saturated heterocycles. The van der Waals surface area contributed by atoms with Crippen molar-refractivity contribution in [2.45, 2.75) is 10.9 Å². The number of pyridine rings is 1. The smallest absolute Gasteiger partial charge is 0.310 e. The molecule has 0 saturated carbocycles. The summed E-state index contributed by atoms with van der Waals surface area (Å²) in [6, 6.07) is 4.78. The number of morpholine rings is 1. The van der Waals surface area contributed by atoms with E-state index in [9.17, 15) is 24.2 Å². The zero-order valence-corrected chi connectivity index (χ0v) is 20.2. The molecule has 2 aromatic heterocycles. The second-order valence-corrected chi connectivity index (χ2v) is 11.3. The van der Waals surface area contributed by atoms with E-state index in [1.54, 1.807) is 24.0 Å². The molecule has 1 fully saturated rings. The van der Waals surface area contributed by atoms with E-state index in [4.69, 9.17) is 22.1 Å². The van der Waals surface area contributed by atoms with Crippen molar-refractivity contribution in [1.29, 1.82) is 0 Å². The lowest BCUT2D eigenvalue weighted by Gasteiger charge is -2.41. The molecule has 7 nitrogen and oxygen atoms in total. The fourth-order valence-electron chi connectivity index (χ4n) is 4.38. The average molecular weight is 548 g/mol. The quantitative estimate of drug-likeness (QED) is 0.307. The van der Waals surface area contributed by atoms with Crippen molar-refractivity contribution in [3.8, 4) is 0 Å². The monoisotopic (exact) mass is 547 g/mol. The Hall–Kier alpha value is -3.16. The van der Waals surface area contributed by atoms with E-state index in [2.05, 4.69) is 10.1 Å². The van der Waals surface area contributed by atoms with Gasteiger partial charge in [-0.3, -0.25) is 9.48 Å². The standard InChI is InChI=1S/C22H19ClF5N5O2S/c1-32-20-16(10-30-32)14-8-15(17(23)9-18(14)31-21(20)29)22(34)33-6-7-35-11-19(33)12-2-4-13(5-3-12)36(24,25,26,27)28/h2-5,8-10,19H,6-7,11H2,1H3,(H2,29,31)/t19-/m1/s1. The molecule has 0 spiro atoms. The predicted molar refractivity (Wildman–Crippen MR) is 128 cm³/mol. The summed E-state index contributed by atoms with van der Waals surface area (Å²) in [5.74, 6) is -0.253. The molecule has 0 bridgehead atoms. The van der Waals surface area contributed by atoms with E-state index in [-0.39, 0.29) is 41.7 Å². The highest BCUT2D eigenvalue weighted by Gasteiger charge is 2.65. The van der Waals surface area contributed by atoms with Crippen LogP contribution in [0.5, 0.6) is 0 Å². The number of ether oxygens (including phenoxy) is 1. The van der Waals surface area contributed by atoms with Gasteiger partial charge in [-0.1, -0.05) is 43.2 Å². The van der Waals surface area contributed by atoms with Crippen molar-refractivity contribution in [1.82, 2.24) is 19.7 Å². The van der Waals surface area contributed by atoms with Crippen molar-refractivity contribution >= 4 is 55.4 Å². The van der Waals surface area contributed by atoms with Crippen molar-refractivity contribution in [2.24, 2.45) is 7.05 Å². The largest absolute Gasteiger partial charge is 0.382 e. The molecule has 1 aliphatic rings. The third kappa shape index (κ3) is 4.20. The number of hydrogen-bond donors (Lipinski definition) is 1. The first-order chi connectivity index (χ1) is 16.6. The van der Waals surface area contributed by atoms with E-state index >= 15 is 0 Å².